The Labute approximate surface area is 162 Å². The zero-order chi connectivity index (χ0) is 20.7. The molecule has 0 heterocycles. The van der Waals surface area contributed by atoms with E-state index in [1.807, 2.05) is 0 Å². The summed E-state index contributed by atoms with van der Waals surface area (Å²) in [7, 11) is 1.57. The summed E-state index contributed by atoms with van der Waals surface area (Å²) in [5, 5.41) is 13.8. The highest BCUT2D eigenvalue weighted by Crippen LogP contribution is 2.28. The van der Waals surface area contributed by atoms with E-state index in [2.05, 4.69) is 5.32 Å². The molecule has 0 radical (unpaired) electrons. The van der Waals surface area contributed by atoms with Crippen molar-refractivity contribution in [1.29, 1.82) is 0 Å². The van der Waals surface area contributed by atoms with Crippen LogP contribution in [0, 0.1) is 10.1 Å². The van der Waals surface area contributed by atoms with Crippen LogP contribution in [0.2, 0.25) is 0 Å². The molecule has 0 aromatic heterocycles. The SMILES string of the molecule is CCOC(=O)N(C)c1ccc(NC(=O)c2ccc(OCC)c([N+](=O)[O-])c2)cc1. The number of carbonyl (C=O) groups excluding carboxylic acids is 2. The minimum atomic E-state index is -0.595. The quantitative estimate of drug-likeness (QED) is 0.571. The largest absolute Gasteiger partial charge is 0.487 e. The van der Waals surface area contributed by atoms with Gasteiger partial charge in [0.25, 0.3) is 5.91 Å². The number of ether oxygens (including phenoxy) is 2. The van der Waals surface area contributed by atoms with E-state index >= 15 is 0 Å². The summed E-state index contributed by atoms with van der Waals surface area (Å²) in [6.07, 6.45) is -0.485. The average molecular weight is 387 g/mol. The van der Waals surface area contributed by atoms with Crippen molar-refractivity contribution >= 4 is 29.1 Å². The lowest BCUT2D eigenvalue weighted by molar-refractivity contribution is -0.385. The van der Waals surface area contributed by atoms with Gasteiger partial charge in [-0.15, -0.1) is 0 Å². The summed E-state index contributed by atoms with van der Waals surface area (Å²) in [6.45, 7) is 3.98. The second kappa shape index (κ2) is 9.36. The van der Waals surface area contributed by atoms with Crippen molar-refractivity contribution in [2.24, 2.45) is 0 Å². The number of hydrogen-bond acceptors (Lipinski definition) is 6. The van der Waals surface area contributed by atoms with Crippen molar-refractivity contribution in [3.63, 3.8) is 0 Å². The maximum absolute atomic E-state index is 12.4. The first-order chi connectivity index (χ1) is 13.4. The first-order valence-corrected chi connectivity index (χ1v) is 8.60. The summed E-state index contributed by atoms with van der Waals surface area (Å²) >= 11 is 0. The highest BCUT2D eigenvalue weighted by Gasteiger charge is 2.19. The molecule has 0 saturated heterocycles. The van der Waals surface area contributed by atoms with Gasteiger partial charge in [-0.25, -0.2) is 4.79 Å². The van der Waals surface area contributed by atoms with Crippen molar-refractivity contribution in [3.05, 3.63) is 58.1 Å². The van der Waals surface area contributed by atoms with Crippen LogP contribution in [0.4, 0.5) is 21.9 Å². The Bertz CT molecular complexity index is 866. The molecule has 0 saturated carbocycles. The van der Waals surface area contributed by atoms with Gasteiger partial charge in [0.15, 0.2) is 5.75 Å². The number of nitro groups is 1. The fourth-order valence-electron chi connectivity index (χ4n) is 2.38. The van der Waals surface area contributed by atoms with Crippen LogP contribution in [0.25, 0.3) is 0 Å². The molecule has 2 aromatic rings. The third-order valence-corrected chi connectivity index (χ3v) is 3.77. The van der Waals surface area contributed by atoms with Crippen LogP contribution >= 0.6 is 0 Å². The Morgan fingerprint density at radius 2 is 1.79 bits per heavy atom. The average Bonchev–Trinajstić information content (AvgIpc) is 2.68. The van der Waals surface area contributed by atoms with Crippen molar-refractivity contribution in [2.75, 3.05) is 30.5 Å². The lowest BCUT2D eigenvalue weighted by Crippen LogP contribution is -2.26. The Hall–Kier alpha value is -3.62. The molecule has 0 aliphatic carbocycles. The fourth-order valence-corrected chi connectivity index (χ4v) is 2.38. The first kappa shape index (κ1) is 20.7. The Balaban J connectivity index is 2.13. The maximum atomic E-state index is 12.4. The van der Waals surface area contributed by atoms with Gasteiger partial charge in [-0.1, -0.05) is 0 Å². The number of nitro benzene ring substituents is 1. The lowest BCUT2D eigenvalue weighted by atomic mass is 10.1. The molecule has 0 bridgehead atoms. The predicted molar refractivity (Wildman–Crippen MR) is 104 cm³/mol. The molecular formula is C19H21N3O6. The van der Waals surface area contributed by atoms with Crippen LogP contribution in [0.1, 0.15) is 24.2 Å². The van der Waals surface area contributed by atoms with Gasteiger partial charge < -0.3 is 14.8 Å². The first-order valence-electron chi connectivity index (χ1n) is 8.60. The third-order valence-electron chi connectivity index (χ3n) is 3.77. The van der Waals surface area contributed by atoms with E-state index in [-0.39, 0.29) is 30.2 Å². The smallest absolute Gasteiger partial charge is 0.413 e. The minimum Gasteiger partial charge on any atom is -0.487 e. The van der Waals surface area contributed by atoms with E-state index in [1.54, 1.807) is 45.2 Å². The summed E-state index contributed by atoms with van der Waals surface area (Å²) in [5.74, 6) is -0.395. The van der Waals surface area contributed by atoms with Gasteiger partial charge in [0, 0.05) is 30.1 Å². The molecule has 9 heteroatoms. The van der Waals surface area contributed by atoms with Crippen molar-refractivity contribution in [1.82, 2.24) is 0 Å². The lowest BCUT2D eigenvalue weighted by Gasteiger charge is -2.17. The van der Waals surface area contributed by atoms with E-state index in [4.69, 9.17) is 9.47 Å². The topological polar surface area (TPSA) is 111 Å². The second-order valence-corrected chi connectivity index (χ2v) is 5.63. The van der Waals surface area contributed by atoms with Gasteiger partial charge in [-0.2, -0.15) is 0 Å². The van der Waals surface area contributed by atoms with Crippen molar-refractivity contribution in [2.45, 2.75) is 13.8 Å². The molecule has 1 N–H and O–H groups in total. The van der Waals surface area contributed by atoms with Crippen LogP contribution in [-0.2, 0) is 4.74 Å². The summed E-state index contributed by atoms with van der Waals surface area (Å²) < 4.78 is 10.1. The highest BCUT2D eigenvalue weighted by atomic mass is 16.6. The van der Waals surface area contributed by atoms with Crippen LogP contribution in [-0.4, -0.2) is 37.2 Å². The number of hydrogen-bond donors (Lipinski definition) is 1. The monoisotopic (exact) mass is 387 g/mol. The molecule has 0 aliphatic rings. The Morgan fingerprint density at radius 3 is 2.36 bits per heavy atom. The molecule has 2 rings (SSSR count). The molecule has 0 spiro atoms. The zero-order valence-corrected chi connectivity index (χ0v) is 15.8. The number of rotatable bonds is 7. The Morgan fingerprint density at radius 1 is 1.11 bits per heavy atom. The van der Waals surface area contributed by atoms with Crippen LogP contribution in [0.5, 0.6) is 5.75 Å². The molecule has 0 atom stereocenters. The van der Waals surface area contributed by atoms with E-state index in [0.29, 0.717) is 11.4 Å². The van der Waals surface area contributed by atoms with E-state index in [1.165, 1.54) is 23.1 Å². The van der Waals surface area contributed by atoms with Crippen molar-refractivity contribution < 1.29 is 24.0 Å². The fraction of sp³-hybridized carbons (Fsp3) is 0.263. The molecule has 0 unspecified atom stereocenters. The van der Waals surface area contributed by atoms with Crippen LogP contribution in [0.15, 0.2) is 42.5 Å². The molecule has 9 nitrogen and oxygen atoms in total. The van der Waals surface area contributed by atoms with Gasteiger partial charge in [0.1, 0.15) is 0 Å². The van der Waals surface area contributed by atoms with E-state index in [9.17, 15) is 19.7 Å². The second-order valence-electron chi connectivity index (χ2n) is 5.63. The Kier molecular flexibility index (Phi) is 6.91. The number of benzene rings is 2. The standard InChI is InChI=1S/C19H21N3O6/c1-4-27-17-11-6-13(12-16(17)22(25)26)18(23)20-14-7-9-15(10-8-14)21(3)19(24)28-5-2/h6-12H,4-5H2,1-3H3,(H,20,23). The van der Waals surface area contributed by atoms with Gasteiger partial charge in [-0.3, -0.25) is 19.8 Å². The van der Waals surface area contributed by atoms with Gasteiger partial charge >= 0.3 is 11.8 Å². The molecular weight excluding hydrogens is 366 g/mol. The molecule has 28 heavy (non-hydrogen) atoms. The molecule has 0 aliphatic heterocycles. The molecule has 0 fully saturated rings. The number of carbonyl (C=O) groups is 2. The zero-order valence-electron chi connectivity index (χ0n) is 15.8. The number of amides is 2. The van der Waals surface area contributed by atoms with Crippen LogP contribution < -0.4 is 15.0 Å². The number of nitrogens with zero attached hydrogens (tertiary/aromatic N) is 2. The predicted octanol–water partition coefficient (Wildman–Crippen LogP) is 3.84. The minimum absolute atomic E-state index is 0.107. The normalized spacial score (nSPS) is 10.1. The molecule has 2 amide bonds. The summed E-state index contributed by atoms with van der Waals surface area (Å²) in [5.41, 5.74) is 0.916. The summed E-state index contributed by atoms with van der Waals surface area (Å²) in [4.78, 5) is 36.1. The summed E-state index contributed by atoms with van der Waals surface area (Å²) in [6, 6.07) is 10.5. The van der Waals surface area contributed by atoms with Crippen LogP contribution in [0.3, 0.4) is 0 Å². The maximum Gasteiger partial charge on any atom is 0.413 e. The third kappa shape index (κ3) is 4.97. The van der Waals surface area contributed by atoms with Gasteiger partial charge in [-0.05, 0) is 50.2 Å². The van der Waals surface area contributed by atoms with E-state index < -0.39 is 16.9 Å². The van der Waals surface area contributed by atoms with E-state index in [0.717, 1.165) is 0 Å². The number of anilines is 2. The number of nitrogens with one attached hydrogen (secondary N) is 1. The van der Waals surface area contributed by atoms with Gasteiger partial charge in [0.2, 0.25) is 0 Å². The highest BCUT2D eigenvalue weighted by molar-refractivity contribution is 6.05. The molecule has 148 valence electrons. The van der Waals surface area contributed by atoms with Crippen molar-refractivity contribution in [3.8, 4) is 5.75 Å². The molecule has 2 aromatic carbocycles. The van der Waals surface area contributed by atoms with Gasteiger partial charge in [0.05, 0.1) is 18.1 Å².